The van der Waals surface area contributed by atoms with Gasteiger partial charge in [-0.15, -0.1) is 0 Å². The first-order valence-corrected chi connectivity index (χ1v) is 8.19. The summed E-state index contributed by atoms with van der Waals surface area (Å²) in [6.07, 6.45) is 0.409. The standard InChI is InChI=1S/C13H16ClNO5S/c1-8-12(5-6-20-8)15(2)21(18,19)9-3-4-11(14)10(7-9)13(16)17/h3-4,7-8,12H,5-6H2,1-2H3,(H,16,17). The van der Waals surface area contributed by atoms with E-state index >= 15 is 0 Å². The lowest BCUT2D eigenvalue weighted by Crippen LogP contribution is -2.40. The maximum atomic E-state index is 12.6. The number of carbonyl (C=O) groups is 1. The van der Waals surface area contributed by atoms with E-state index in [0.29, 0.717) is 13.0 Å². The number of hydrogen-bond acceptors (Lipinski definition) is 4. The van der Waals surface area contributed by atoms with Gasteiger partial charge in [0.25, 0.3) is 0 Å². The number of hydrogen-bond donors (Lipinski definition) is 1. The van der Waals surface area contributed by atoms with Crippen molar-refractivity contribution >= 4 is 27.6 Å². The largest absolute Gasteiger partial charge is 0.478 e. The number of aromatic carboxylic acids is 1. The number of benzene rings is 1. The number of rotatable bonds is 4. The van der Waals surface area contributed by atoms with Crippen molar-refractivity contribution in [3.05, 3.63) is 28.8 Å². The molecule has 2 atom stereocenters. The van der Waals surface area contributed by atoms with Crippen molar-refractivity contribution in [1.82, 2.24) is 4.31 Å². The lowest BCUT2D eigenvalue weighted by molar-refractivity contribution is 0.0696. The third-order valence-corrected chi connectivity index (χ3v) is 5.86. The molecule has 1 aliphatic heterocycles. The fourth-order valence-electron chi connectivity index (χ4n) is 2.37. The Morgan fingerprint density at radius 2 is 2.14 bits per heavy atom. The maximum Gasteiger partial charge on any atom is 0.337 e. The Kier molecular flexibility index (Phi) is 4.57. The molecule has 0 amide bonds. The van der Waals surface area contributed by atoms with Gasteiger partial charge in [-0.2, -0.15) is 4.31 Å². The van der Waals surface area contributed by atoms with Crippen molar-refractivity contribution in [1.29, 1.82) is 0 Å². The molecule has 8 heteroatoms. The minimum absolute atomic E-state index is 0.00155. The van der Waals surface area contributed by atoms with Gasteiger partial charge in [0.1, 0.15) is 0 Å². The van der Waals surface area contributed by atoms with Gasteiger partial charge < -0.3 is 9.84 Å². The van der Waals surface area contributed by atoms with Crippen LogP contribution in [0.5, 0.6) is 0 Å². The summed E-state index contributed by atoms with van der Waals surface area (Å²) >= 11 is 5.76. The highest BCUT2D eigenvalue weighted by Gasteiger charge is 2.35. The van der Waals surface area contributed by atoms with Crippen LogP contribution < -0.4 is 0 Å². The summed E-state index contributed by atoms with van der Waals surface area (Å²) in [5, 5.41) is 9.04. The summed E-state index contributed by atoms with van der Waals surface area (Å²) in [5.41, 5.74) is -0.234. The minimum Gasteiger partial charge on any atom is -0.478 e. The summed E-state index contributed by atoms with van der Waals surface area (Å²) in [7, 11) is -2.32. The average molecular weight is 334 g/mol. The average Bonchev–Trinajstić information content (AvgIpc) is 2.83. The molecule has 1 heterocycles. The van der Waals surface area contributed by atoms with Gasteiger partial charge in [-0.1, -0.05) is 11.6 Å². The van der Waals surface area contributed by atoms with E-state index < -0.39 is 16.0 Å². The van der Waals surface area contributed by atoms with E-state index in [1.807, 2.05) is 6.92 Å². The van der Waals surface area contributed by atoms with Crippen molar-refractivity contribution in [3.63, 3.8) is 0 Å². The van der Waals surface area contributed by atoms with Crippen LogP contribution in [0.3, 0.4) is 0 Å². The lowest BCUT2D eigenvalue weighted by Gasteiger charge is -2.26. The number of sulfonamides is 1. The second kappa shape index (κ2) is 5.92. The summed E-state index contributed by atoms with van der Waals surface area (Å²) in [6, 6.07) is 3.40. The lowest BCUT2D eigenvalue weighted by atomic mass is 10.2. The van der Waals surface area contributed by atoms with Gasteiger partial charge in [0.15, 0.2) is 0 Å². The van der Waals surface area contributed by atoms with Crippen LogP contribution in [0.1, 0.15) is 23.7 Å². The quantitative estimate of drug-likeness (QED) is 0.908. The van der Waals surface area contributed by atoms with Crippen LogP contribution in [0.2, 0.25) is 5.02 Å². The van der Waals surface area contributed by atoms with Crippen molar-refractivity contribution < 1.29 is 23.1 Å². The molecule has 0 bridgehead atoms. The van der Waals surface area contributed by atoms with E-state index in [4.69, 9.17) is 21.4 Å². The van der Waals surface area contributed by atoms with Gasteiger partial charge in [0.05, 0.1) is 27.6 Å². The first-order chi connectivity index (χ1) is 9.75. The monoisotopic (exact) mass is 333 g/mol. The zero-order valence-corrected chi connectivity index (χ0v) is 13.2. The number of halogens is 1. The Morgan fingerprint density at radius 1 is 1.48 bits per heavy atom. The van der Waals surface area contributed by atoms with E-state index in [1.165, 1.54) is 23.5 Å². The third-order valence-electron chi connectivity index (χ3n) is 3.65. The number of likely N-dealkylation sites (N-methyl/N-ethyl adjacent to an activating group) is 1. The molecule has 0 saturated carbocycles. The maximum absolute atomic E-state index is 12.6. The fraction of sp³-hybridized carbons (Fsp3) is 0.462. The third kappa shape index (κ3) is 3.06. The minimum atomic E-state index is -3.80. The molecule has 0 spiro atoms. The second-order valence-electron chi connectivity index (χ2n) is 4.90. The molecule has 2 unspecified atom stereocenters. The number of ether oxygens (including phenoxy) is 1. The van der Waals surface area contributed by atoms with Crippen molar-refractivity contribution in [2.45, 2.75) is 30.4 Å². The summed E-state index contributed by atoms with van der Waals surface area (Å²) < 4.78 is 31.8. The van der Waals surface area contributed by atoms with Crippen molar-refractivity contribution in [3.8, 4) is 0 Å². The predicted molar refractivity (Wildman–Crippen MR) is 77.2 cm³/mol. The summed E-state index contributed by atoms with van der Waals surface area (Å²) in [5.74, 6) is -1.27. The number of nitrogens with zero attached hydrogens (tertiary/aromatic N) is 1. The Labute approximate surface area is 128 Å². The Balaban J connectivity index is 2.39. The van der Waals surface area contributed by atoms with Crippen LogP contribution in [0, 0.1) is 0 Å². The van der Waals surface area contributed by atoms with Gasteiger partial charge in [0.2, 0.25) is 10.0 Å². The Hall–Kier alpha value is -1.15. The van der Waals surface area contributed by atoms with Gasteiger partial charge in [0, 0.05) is 13.7 Å². The van der Waals surface area contributed by atoms with Crippen LogP contribution in [0.4, 0.5) is 0 Å². The Bertz CT molecular complexity index is 661. The molecule has 0 aliphatic carbocycles. The molecular weight excluding hydrogens is 318 g/mol. The molecule has 1 N–H and O–H groups in total. The van der Waals surface area contributed by atoms with E-state index in [-0.39, 0.29) is 27.6 Å². The number of carboxylic acids is 1. The first kappa shape index (κ1) is 16.2. The molecule has 21 heavy (non-hydrogen) atoms. The van der Waals surface area contributed by atoms with Crippen LogP contribution in [0.15, 0.2) is 23.1 Å². The molecule has 0 radical (unpaired) electrons. The smallest absolute Gasteiger partial charge is 0.337 e. The zero-order chi connectivity index (χ0) is 15.8. The van der Waals surface area contributed by atoms with Crippen molar-refractivity contribution in [2.24, 2.45) is 0 Å². The highest BCUT2D eigenvalue weighted by Crippen LogP contribution is 2.27. The van der Waals surface area contributed by atoms with Crippen molar-refractivity contribution in [2.75, 3.05) is 13.7 Å². The van der Waals surface area contributed by atoms with Gasteiger partial charge in [-0.05, 0) is 31.5 Å². The Morgan fingerprint density at radius 3 is 2.67 bits per heavy atom. The normalized spacial score (nSPS) is 22.7. The van der Waals surface area contributed by atoms with Gasteiger partial charge in [-0.3, -0.25) is 0 Å². The van der Waals surface area contributed by atoms with E-state index in [2.05, 4.69) is 0 Å². The van der Waals surface area contributed by atoms with E-state index in [1.54, 1.807) is 0 Å². The molecule has 6 nitrogen and oxygen atoms in total. The molecule has 116 valence electrons. The molecule has 1 saturated heterocycles. The van der Waals surface area contributed by atoms with Crippen LogP contribution in [0.25, 0.3) is 0 Å². The van der Waals surface area contributed by atoms with Crippen LogP contribution in [-0.2, 0) is 14.8 Å². The zero-order valence-electron chi connectivity index (χ0n) is 11.6. The number of carboxylic acid groups (broad SMARTS) is 1. The second-order valence-corrected chi connectivity index (χ2v) is 7.30. The molecule has 1 aromatic rings. The molecule has 1 fully saturated rings. The summed E-state index contributed by atoms with van der Waals surface area (Å²) in [6.45, 7) is 2.32. The van der Waals surface area contributed by atoms with Gasteiger partial charge >= 0.3 is 5.97 Å². The molecule has 0 aromatic heterocycles. The van der Waals surface area contributed by atoms with Crippen LogP contribution >= 0.6 is 11.6 Å². The molecular formula is C13H16ClNO5S. The molecule has 1 aliphatic rings. The van der Waals surface area contributed by atoms with Gasteiger partial charge in [-0.25, -0.2) is 13.2 Å². The highest BCUT2D eigenvalue weighted by molar-refractivity contribution is 7.89. The highest BCUT2D eigenvalue weighted by atomic mass is 35.5. The fourth-order valence-corrected chi connectivity index (χ4v) is 4.04. The summed E-state index contributed by atoms with van der Waals surface area (Å²) in [4.78, 5) is 11.0. The topological polar surface area (TPSA) is 83.9 Å². The van der Waals surface area contributed by atoms with E-state index in [9.17, 15) is 13.2 Å². The molecule has 1 aromatic carbocycles. The van der Waals surface area contributed by atoms with E-state index in [0.717, 1.165) is 6.07 Å². The molecule has 2 rings (SSSR count). The predicted octanol–water partition coefficient (Wildman–Crippen LogP) is 1.84. The van der Waals surface area contributed by atoms with Crippen LogP contribution in [-0.4, -0.2) is 49.6 Å². The first-order valence-electron chi connectivity index (χ1n) is 6.37. The SMILES string of the molecule is CC1OCCC1N(C)S(=O)(=O)c1ccc(Cl)c(C(=O)O)c1.